The standard InChI is InChI=1S/C15H15F3N4O2/c1-9(22-7-3-6-19-22)14(24)21-13-5-4-11(20-10(2)23)8-12(13)15(16,17)18/h3-9H,1-2H3,(H,20,23)(H,21,24). The van der Waals surface area contributed by atoms with Gasteiger partial charge >= 0.3 is 6.18 Å². The Hall–Kier alpha value is -2.84. The fourth-order valence-corrected chi connectivity index (χ4v) is 2.04. The van der Waals surface area contributed by atoms with Gasteiger partial charge in [0, 0.05) is 25.0 Å². The van der Waals surface area contributed by atoms with E-state index in [1.807, 2.05) is 0 Å². The van der Waals surface area contributed by atoms with E-state index in [2.05, 4.69) is 15.7 Å². The van der Waals surface area contributed by atoms with E-state index < -0.39 is 29.6 Å². The fourth-order valence-electron chi connectivity index (χ4n) is 2.04. The van der Waals surface area contributed by atoms with E-state index in [1.54, 1.807) is 6.07 Å². The van der Waals surface area contributed by atoms with Crippen molar-refractivity contribution in [2.75, 3.05) is 10.6 Å². The normalized spacial score (nSPS) is 12.5. The first kappa shape index (κ1) is 17.5. The third kappa shape index (κ3) is 4.12. The van der Waals surface area contributed by atoms with Crippen molar-refractivity contribution >= 4 is 23.2 Å². The Morgan fingerprint density at radius 3 is 2.50 bits per heavy atom. The van der Waals surface area contributed by atoms with Gasteiger partial charge in [-0.05, 0) is 31.2 Å². The molecule has 2 N–H and O–H groups in total. The van der Waals surface area contributed by atoms with Crippen molar-refractivity contribution in [2.24, 2.45) is 0 Å². The van der Waals surface area contributed by atoms with Gasteiger partial charge in [0.15, 0.2) is 0 Å². The number of aromatic nitrogens is 2. The third-order valence-corrected chi connectivity index (χ3v) is 3.20. The number of amides is 2. The zero-order valence-corrected chi connectivity index (χ0v) is 12.9. The molecule has 1 unspecified atom stereocenters. The molecule has 0 aliphatic heterocycles. The first-order valence-corrected chi connectivity index (χ1v) is 6.97. The van der Waals surface area contributed by atoms with Gasteiger partial charge < -0.3 is 10.6 Å². The molecule has 1 aromatic carbocycles. The number of hydrogen-bond acceptors (Lipinski definition) is 3. The molecule has 1 aromatic heterocycles. The smallest absolute Gasteiger partial charge is 0.326 e. The molecule has 24 heavy (non-hydrogen) atoms. The Labute approximate surface area is 135 Å². The molecule has 0 fully saturated rings. The van der Waals surface area contributed by atoms with E-state index in [0.717, 1.165) is 12.1 Å². The lowest BCUT2D eigenvalue weighted by molar-refractivity contribution is -0.137. The van der Waals surface area contributed by atoms with Crippen LogP contribution in [0.3, 0.4) is 0 Å². The minimum atomic E-state index is -4.69. The van der Waals surface area contributed by atoms with Gasteiger partial charge in [-0.25, -0.2) is 0 Å². The second kappa shape index (κ2) is 6.73. The number of hydrogen-bond donors (Lipinski definition) is 2. The van der Waals surface area contributed by atoms with Crippen molar-refractivity contribution in [2.45, 2.75) is 26.1 Å². The summed E-state index contributed by atoms with van der Waals surface area (Å²) in [6.45, 7) is 2.70. The van der Waals surface area contributed by atoms with Gasteiger partial charge in [-0.1, -0.05) is 0 Å². The zero-order valence-electron chi connectivity index (χ0n) is 12.9. The number of nitrogens with one attached hydrogen (secondary N) is 2. The van der Waals surface area contributed by atoms with Gasteiger partial charge in [-0.15, -0.1) is 0 Å². The molecule has 0 aliphatic carbocycles. The van der Waals surface area contributed by atoms with Crippen LogP contribution in [-0.2, 0) is 15.8 Å². The number of alkyl halides is 3. The van der Waals surface area contributed by atoms with E-state index in [4.69, 9.17) is 0 Å². The van der Waals surface area contributed by atoms with Crippen molar-refractivity contribution in [3.05, 3.63) is 42.2 Å². The van der Waals surface area contributed by atoms with Crippen LogP contribution in [0.15, 0.2) is 36.7 Å². The lowest BCUT2D eigenvalue weighted by atomic mass is 10.1. The quantitative estimate of drug-likeness (QED) is 0.898. The number of carbonyl (C=O) groups is 2. The monoisotopic (exact) mass is 340 g/mol. The molecule has 128 valence electrons. The maximum Gasteiger partial charge on any atom is 0.418 e. The molecule has 0 spiro atoms. The molecule has 0 aliphatic rings. The highest BCUT2D eigenvalue weighted by molar-refractivity contribution is 5.95. The molecular weight excluding hydrogens is 325 g/mol. The van der Waals surface area contributed by atoms with Crippen LogP contribution >= 0.6 is 0 Å². The molecule has 1 heterocycles. The second-order valence-corrected chi connectivity index (χ2v) is 5.09. The number of nitrogens with zero attached hydrogens (tertiary/aromatic N) is 2. The minimum absolute atomic E-state index is 0.00653. The van der Waals surface area contributed by atoms with E-state index in [9.17, 15) is 22.8 Å². The maximum atomic E-state index is 13.2. The summed E-state index contributed by atoms with van der Waals surface area (Å²) < 4.78 is 41.0. The number of rotatable bonds is 4. The van der Waals surface area contributed by atoms with Gasteiger partial charge in [0.2, 0.25) is 11.8 Å². The van der Waals surface area contributed by atoms with Crippen LogP contribution in [0.1, 0.15) is 25.5 Å². The highest BCUT2D eigenvalue weighted by Crippen LogP contribution is 2.36. The second-order valence-electron chi connectivity index (χ2n) is 5.09. The van der Waals surface area contributed by atoms with Crippen molar-refractivity contribution in [3.8, 4) is 0 Å². The van der Waals surface area contributed by atoms with Gasteiger partial charge in [0.1, 0.15) is 6.04 Å². The van der Waals surface area contributed by atoms with E-state index in [0.29, 0.717) is 0 Å². The topological polar surface area (TPSA) is 76.0 Å². The zero-order chi connectivity index (χ0) is 17.9. The van der Waals surface area contributed by atoms with Crippen LogP contribution in [0.5, 0.6) is 0 Å². The molecule has 2 rings (SSSR count). The van der Waals surface area contributed by atoms with Crippen LogP contribution in [0.4, 0.5) is 24.5 Å². The van der Waals surface area contributed by atoms with Crippen molar-refractivity contribution in [1.29, 1.82) is 0 Å². The highest BCUT2D eigenvalue weighted by Gasteiger charge is 2.34. The average Bonchev–Trinajstić information content (AvgIpc) is 3.00. The third-order valence-electron chi connectivity index (χ3n) is 3.20. The first-order valence-electron chi connectivity index (χ1n) is 6.97. The van der Waals surface area contributed by atoms with Crippen LogP contribution in [0.25, 0.3) is 0 Å². The Morgan fingerprint density at radius 1 is 1.25 bits per heavy atom. The Bertz CT molecular complexity index is 742. The Kier molecular flexibility index (Phi) is 4.91. The molecule has 6 nitrogen and oxygen atoms in total. The number of halogens is 3. The highest BCUT2D eigenvalue weighted by atomic mass is 19.4. The van der Waals surface area contributed by atoms with Gasteiger partial charge in [0.25, 0.3) is 0 Å². The maximum absolute atomic E-state index is 13.2. The van der Waals surface area contributed by atoms with Crippen molar-refractivity contribution in [3.63, 3.8) is 0 Å². The van der Waals surface area contributed by atoms with Gasteiger partial charge in [-0.3, -0.25) is 14.3 Å². The minimum Gasteiger partial charge on any atom is -0.326 e. The molecule has 0 saturated carbocycles. The number of benzene rings is 1. The van der Waals surface area contributed by atoms with E-state index in [1.165, 1.54) is 37.0 Å². The van der Waals surface area contributed by atoms with Crippen LogP contribution in [-0.4, -0.2) is 21.6 Å². The van der Waals surface area contributed by atoms with Gasteiger partial charge in [-0.2, -0.15) is 18.3 Å². The summed E-state index contributed by atoms with van der Waals surface area (Å²) in [7, 11) is 0. The molecule has 2 amide bonds. The molecule has 2 aromatic rings. The predicted molar refractivity (Wildman–Crippen MR) is 81.3 cm³/mol. The van der Waals surface area contributed by atoms with E-state index >= 15 is 0 Å². The lowest BCUT2D eigenvalue weighted by Gasteiger charge is -2.18. The molecular formula is C15H15F3N4O2. The van der Waals surface area contributed by atoms with Crippen molar-refractivity contribution < 1.29 is 22.8 Å². The summed E-state index contributed by atoms with van der Waals surface area (Å²) in [5.74, 6) is -1.14. The molecule has 1 atom stereocenters. The van der Waals surface area contributed by atoms with Gasteiger partial charge in [0.05, 0.1) is 11.3 Å². The summed E-state index contributed by atoms with van der Waals surface area (Å²) in [5.41, 5.74) is -1.44. The molecule has 0 radical (unpaired) electrons. The fraction of sp³-hybridized carbons (Fsp3) is 0.267. The summed E-state index contributed by atoms with van der Waals surface area (Å²) in [5, 5.41) is 8.41. The first-order chi connectivity index (χ1) is 11.2. The molecule has 0 bridgehead atoms. The van der Waals surface area contributed by atoms with Crippen molar-refractivity contribution in [1.82, 2.24) is 9.78 Å². The average molecular weight is 340 g/mol. The molecule has 0 saturated heterocycles. The summed E-state index contributed by atoms with van der Waals surface area (Å²) in [6.07, 6.45) is -1.69. The Balaban J connectivity index is 2.28. The van der Waals surface area contributed by atoms with Crippen LogP contribution in [0.2, 0.25) is 0 Å². The lowest BCUT2D eigenvalue weighted by Crippen LogP contribution is -2.25. The number of anilines is 2. The summed E-state index contributed by atoms with van der Waals surface area (Å²) in [4.78, 5) is 23.1. The summed E-state index contributed by atoms with van der Waals surface area (Å²) in [6, 6.07) is 3.98. The predicted octanol–water partition coefficient (Wildman–Crippen LogP) is 3.06. The van der Waals surface area contributed by atoms with Crippen LogP contribution < -0.4 is 10.6 Å². The largest absolute Gasteiger partial charge is 0.418 e. The Morgan fingerprint density at radius 2 is 1.96 bits per heavy atom. The van der Waals surface area contributed by atoms with E-state index in [-0.39, 0.29) is 11.4 Å². The summed E-state index contributed by atoms with van der Waals surface area (Å²) >= 11 is 0. The SMILES string of the molecule is CC(=O)Nc1ccc(NC(=O)C(C)n2cccn2)c(C(F)(F)F)c1. The number of carbonyl (C=O) groups excluding carboxylic acids is 2. The molecule has 9 heteroatoms. The van der Waals surface area contributed by atoms with Crippen LogP contribution in [0, 0.1) is 0 Å².